The van der Waals surface area contributed by atoms with Gasteiger partial charge in [-0.3, -0.25) is 15.2 Å². The van der Waals surface area contributed by atoms with Crippen LogP contribution in [0, 0.1) is 12.0 Å². The zero-order chi connectivity index (χ0) is 20.8. The van der Waals surface area contributed by atoms with Crippen molar-refractivity contribution in [2.75, 3.05) is 5.32 Å². The van der Waals surface area contributed by atoms with Gasteiger partial charge in [-0.25, -0.2) is 14.2 Å². The molecule has 3 heterocycles. The average Bonchev–Trinajstić information content (AvgIpc) is 3.15. The Morgan fingerprint density at radius 1 is 1.48 bits per heavy atom. The maximum atomic E-state index is 11.6. The van der Waals surface area contributed by atoms with Crippen molar-refractivity contribution in [3.63, 3.8) is 0 Å². The van der Waals surface area contributed by atoms with Crippen LogP contribution in [0.4, 0.5) is 22.3 Å². The lowest BCUT2D eigenvalue weighted by molar-refractivity contribution is -0.115. The van der Waals surface area contributed by atoms with Crippen LogP contribution in [0.25, 0.3) is 15.7 Å². The third-order valence-electron chi connectivity index (χ3n) is 3.67. The molecule has 0 fully saturated rings. The number of amides is 1. The summed E-state index contributed by atoms with van der Waals surface area (Å²) in [5.41, 5.74) is 1.15. The van der Waals surface area contributed by atoms with Gasteiger partial charge in [-0.15, -0.1) is 10.2 Å². The van der Waals surface area contributed by atoms with Crippen molar-refractivity contribution in [3.05, 3.63) is 35.4 Å². The maximum Gasteiger partial charge on any atom is 0.231 e. The molecule has 3 rings (SSSR count). The predicted molar refractivity (Wildman–Crippen MR) is 106 cm³/mol. The Labute approximate surface area is 168 Å². The molecule has 146 valence electrons. The number of rotatable bonds is 7. The Morgan fingerprint density at radius 2 is 2.31 bits per heavy atom. The number of aromatic hydroxyl groups is 1. The minimum Gasteiger partial charge on any atom is -0.504 e. The van der Waals surface area contributed by atoms with Gasteiger partial charge in [0, 0.05) is 29.8 Å². The molecule has 0 saturated heterocycles. The Balaban J connectivity index is 2.02. The van der Waals surface area contributed by atoms with Crippen molar-refractivity contribution in [1.82, 2.24) is 14.3 Å². The summed E-state index contributed by atoms with van der Waals surface area (Å²) in [6, 6.07) is 1.33. The molecule has 0 saturated carbocycles. The fraction of sp³-hybridized carbons (Fsp3) is 0.176. The highest BCUT2D eigenvalue weighted by atomic mass is 32.1. The smallest absolute Gasteiger partial charge is 0.231 e. The van der Waals surface area contributed by atoms with Crippen LogP contribution in [0.5, 0.6) is 5.75 Å². The van der Waals surface area contributed by atoms with Gasteiger partial charge in [0.2, 0.25) is 11.6 Å². The highest BCUT2D eigenvalue weighted by Crippen LogP contribution is 2.36. The number of carbonyl (C=O) groups excluding carboxylic acids is 1. The van der Waals surface area contributed by atoms with Crippen molar-refractivity contribution in [2.45, 2.75) is 20.0 Å². The molecule has 3 aromatic rings. The zero-order valence-electron chi connectivity index (χ0n) is 15.1. The van der Waals surface area contributed by atoms with Gasteiger partial charge in [0.25, 0.3) is 0 Å². The van der Waals surface area contributed by atoms with Gasteiger partial charge in [0.05, 0.1) is 12.1 Å². The number of azo groups is 1. The van der Waals surface area contributed by atoms with Crippen LogP contribution >= 0.6 is 11.5 Å². The second-order valence-corrected chi connectivity index (χ2v) is 6.28. The monoisotopic (exact) mass is 410 g/mol. The normalized spacial score (nSPS) is 10.8. The molecule has 0 aliphatic heterocycles. The van der Waals surface area contributed by atoms with E-state index in [0.29, 0.717) is 27.2 Å². The standard InChI is InChI=1S/C17H14N8O3S/c1-3-13(27)21-16-12(26)4-9(7-28-8-18)15(22-16)23-24-17-10-5-20-6-11(19-2)14(10)25-29-17/h4-6,8,18,26H,3,7H2,1H3,(H,21,22,27)/b18-8?,24-23+. The van der Waals surface area contributed by atoms with E-state index in [1.807, 2.05) is 0 Å². The van der Waals surface area contributed by atoms with Crippen LogP contribution in [-0.4, -0.2) is 31.8 Å². The van der Waals surface area contributed by atoms with Crippen molar-refractivity contribution in [2.24, 2.45) is 10.2 Å². The molecular formula is C17H14N8O3S. The Kier molecular flexibility index (Phi) is 6.00. The number of fused-ring (bicyclic) bond motifs is 1. The second-order valence-electron chi connectivity index (χ2n) is 5.52. The van der Waals surface area contributed by atoms with Crippen molar-refractivity contribution in [3.8, 4) is 5.75 Å². The number of ether oxygens (including phenoxy) is 1. The van der Waals surface area contributed by atoms with Crippen LogP contribution in [0.1, 0.15) is 18.9 Å². The number of hydrogen-bond acceptors (Lipinski definition) is 10. The summed E-state index contributed by atoms with van der Waals surface area (Å²) < 4.78 is 9.16. The van der Waals surface area contributed by atoms with Gasteiger partial charge >= 0.3 is 0 Å². The first-order chi connectivity index (χ1) is 14.1. The molecule has 3 N–H and O–H groups in total. The Bertz CT molecular complexity index is 1150. The Hall–Kier alpha value is -3.98. The van der Waals surface area contributed by atoms with E-state index in [2.05, 4.69) is 34.7 Å². The molecule has 0 atom stereocenters. The lowest BCUT2D eigenvalue weighted by Crippen LogP contribution is -2.11. The lowest BCUT2D eigenvalue weighted by Gasteiger charge is -2.09. The molecule has 3 aromatic heterocycles. The summed E-state index contributed by atoms with van der Waals surface area (Å²) in [5.74, 6) is -0.559. The molecule has 12 heteroatoms. The summed E-state index contributed by atoms with van der Waals surface area (Å²) in [4.78, 5) is 23.2. The van der Waals surface area contributed by atoms with E-state index in [-0.39, 0.29) is 36.3 Å². The van der Waals surface area contributed by atoms with Gasteiger partial charge in [0.1, 0.15) is 6.61 Å². The molecule has 0 radical (unpaired) electrons. The summed E-state index contributed by atoms with van der Waals surface area (Å²) >= 11 is 1.05. The molecule has 1 amide bonds. The first kappa shape index (κ1) is 19.8. The van der Waals surface area contributed by atoms with Gasteiger partial charge < -0.3 is 15.2 Å². The summed E-state index contributed by atoms with van der Waals surface area (Å²) in [5, 5.41) is 28.8. The molecule has 0 bridgehead atoms. The fourth-order valence-corrected chi connectivity index (χ4v) is 2.94. The number of nitrogens with one attached hydrogen (secondary N) is 2. The number of hydrogen-bond donors (Lipinski definition) is 3. The van der Waals surface area contributed by atoms with E-state index in [0.717, 1.165) is 17.9 Å². The molecule has 0 aliphatic carbocycles. The SMILES string of the molecule is [C-]#[N+]c1cncc2c(/N=N/c3nc(NC(=O)CC)c(O)cc3COC=N)snc12. The number of nitrogens with zero attached hydrogens (tertiary/aromatic N) is 6. The van der Waals surface area contributed by atoms with Crippen LogP contribution in [0.15, 0.2) is 28.7 Å². The molecule has 0 aliphatic rings. The van der Waals surface area contributed by atoms with Crippen molar-refractivity contribution >= 4 is 57.1 Å². The summed E-state index contributed by atoms with van der Waals surface area (Å²) in [6.07, 6.45) is 3.92. The van der Waals surface area contributed by atoms with E-state index < -0.39 is 0 Å². The minimum absolute atomic E-state index is 0.0597. The number of pyridine rings is 2. The van der Waals surface area contributed by atoms with Crippen molar-refractivity contribution < 1.29 is 14.6 Å². The third kappa shape index (κ3) is 4.30. The summed E-state index contributed by atoms with van der Waals surface area (Å²) in [7, 11) is 0. The van der Waals surface area contributed by atoms with Gasteiger partial charge in [-0.05, 0) is 17.6 Å². The van der Waals surface area contributed by atoms with Crippen molar-refractivity contribution in [1.29, 1.82) is 5.41 Å². The first-order valence-electron chi connectivity index (χ1n) is 8.23. The van der Waals surface area contributed by atoms with E-state index in [1.165, 1.54) is 18.5 Å². The van der Waals surface area contributed by atoms with Gasteiger partial charge in [-0.1, -0.05) is 6.92 Å². The van der Waals surface area contributed by atoms with Gasteiger partial charge in [-0.2, -0.15) is 0 Å². The van der Waals surface area contributed by atoms with E-state index in [9.17, 15) is 9.90 Å². The number of aromatic nitrogens is 3. The average molecular weight is 410 g/mol. The van der Waals surface area contributed by atoms with Crippen LogP contribution in [0.2, 0.25) is 0 Å². The zero-order valence-corrected chi connectivity index (χ0v) is 15.9. The molecule has 11 nitrogen and oxygen atoms in total. The van der Waals surface area contributed by atoms with E-state index in [1.54, 1.807) is 6.92 Å². The fourth-order valence-electron chi connectivity index (χ4n) is 2.25. The van der Waals surface area contributed by atoms with Crippen LogP contribution in [0.3, 0.4) is 0 Å². The van der Waals surface area contributed by atoms with Crippen LogP contribution in [-0.2, 0) is 16.1 Å². The summed E-state index contributed by atoms with van der Waals surface area (Å²) in [6.45, 7) is 8.76. The molecular weight excluding hydrogens is 396 g/mol. The van der Waals surface area contributed by atoms with Gasteiger partial charge in [0.15, 0.2) is 28.8 Å². The molecule has 29 heavy (non-hydrogen) atoms. The maximum absolute atomic E-state index is 11.6. The first-order valence-corrected chi connectivity index (χ1v) is 9.00. The predicted octanol–water partition coefficient (Wildman–Crippen LogP) is 4.23. The minimum atomic E-state index is -0.328. The molecule has 0 spiro atoms. The third-order valence-corrected chi connectivity index (χ3v) is 4.42. The molecule has 0 unspecified atom stereocenters. The van der Waals surface area contributed by atoms with E-state index in [4.69, 9.17) is 16.7 Å². The number of carbonyl (C=O) groups is 1. The quantitative estimate of drug-likeness (QED) is 0.229. The molecule has 0 aromatic carbocycles. The largest absolute Gasteiger partial charge is 0.504 e. The van der Waals surface area contributed by atoms with E-state index >= 15 is 0 Å². The topological polar surface area (TPSA) is 150 Å². The highest BCUT2D eigenvalue weighted by molar-refractivity contribution is 7.11. The second kappa shape index (κ2) is 8.81. The van der Waals surface area contributed by atoms with Crippen LogP contribution < -0.4 is 5.32 Å². The Morgan fingerprint density at radius 3 is 3.03 bits per heavy atom. The lowest BCUT2D eigenvalue weighted by atomic mass is 10.2. The number of anilines is 1. The highest BCUT2D eigenvalue weighted by Gasteiger charge is 2.15.